The molecule has 0 aliphatic carbocycles. The Hall–Kier alpha value is -1.68. The van der Waals surface area contributed by atoms with Crippen LogP contribution in [-0.2, 0) is 6.54 Å². The van der Waals surface area contributed by atoms with Gasteiger partial charge in [-0.3, -0.25) is 4.90 Å². The van der Waals surface area contributed by atoms with Crippen molar-refractivity contribution in [3.05, 3.63) is 36.2 Å². The van der Waals surface area contributed by atoms with Crippen molar-refractivity contribution >= 4 is 0 Å². The Bertz CT molecular complexity index is 523. The Morgan fingerprint density at radius 2 is 2.05 bits per heavy atom. The van der Waals surface area contributed by atoms with Crippen molar-refractivity contribution in [2.24, 2.45) is 0 Å². The van der Waals surface area contributed by atoms with Crippen LogP contribution in [0.15, 0.2) is 34.7 Å². The highest BCUT2D eigenvalue weighted by molar-refractivity contribution is 5.51. The van der Waals surface area contributed by atoms with Crippen molar-refractivity contribution in [3.8, 4) is 11.5 Å². The molecule has 1 aliphatic rings. The molecule has 19 heavy (non-hydrogen) atoms. The number of piperidine rings is 1. The van der Waals surface area contributed by atoms with Gasteiger partial charge < -0.3 is 4.42 Å². The highest BCUT2D eigenvalue weighted by Gasteiger charge is 2.20. The summed E-state index contributed by atoms with van der Waals surface area (Å²) in [5.41, 5.74) is 0.980. The van der Waals surface area contributed by atoms with Crippen LogP contribution < -0.4 is 0 Å². The third-order valence-electron chi connectivity index (χ3n) is 3.77. The summed E-state index contributed by atoms with van der Waals surface area (Å²) in [5, 5.41) is 8.30. The summed E-state index contributed by atoms with van der Waals surface area (Å²) in [7, 11) is 0. The molecule has 1 fully saturated rings. The molecule has 0 N–H and O–H groups in total. The van der Waals surface area contributed by atoms with E-state index in [0.717, 1.165) is 18.7 Å². The van der Waals surface area contributed by atoms with Crippen molar-refractivity contribution < 1.29 is 4.42 Å². The molecule has 1 aliphatic heterocycles. The molecule has 0 radical (unpaired) electrons. The van der Waals surface area contributed by atoms with E-state index in [-0.39, 0.29) is 0 Å². The van der Waals surface area contributed by atoms with E-state index in [4.69, 9.17) is 4.42 Å². The molecule has 2 heterocycles. The van der Waals surface area contributed by atoms with Gasteiger partial charge >= 0.3 is 0 Å². The van der Waals surface area contributed by atoms with Crippen molar-refractivity contribution in [1.29, 1.82) is 0 Å². The highest BCUT2D eigenvalue weighted by Crippen LogP contribution is 2.21. The predicted octanol–water partition coefficient (Wildman–Crippen LogP) is 3.11. The fourth-order valence-corrected chi connectivity index (χ4v) is 2.58. The molecule has 100 valence electrons. The average molecular weight is 257 g/mol. The topological polar surface area (TPSA) is 42.2 Å². The van der Waals surface area contributed by atoms with Gasteiger partial charge in [0.2, 0.25) is 11.8 Å². The molecule has 1 aromatic carbocycles. The van der Waals surface area contributed by atoms with Crippen molar-refractivity contribution in [2.75, 3.05) is 6.54 Å². The number of rotatable bonds is 3. The molecule has 3 rings (SSSR count). The predicted molar refractivity (Wildman–Crippen MR) is 73.5 cm³/mol. The SMILES string of the molecule is CC1CCCCN1Cc1nnc(-c2ccccc2)o1. The summed E-state index contributed by atoms with van der Waals surface area (Å²) in [4.78, 5) is 2.42. The third kappa shape index (κ3) is 2.84. The van der Waals surface area contributed by atoms with Gasteiger partial charge in [0, 0.05) is 11.6 Å². The van der Waals surface area contributed by atoms with Crippen LogP contribution in [0.3, 0.4) is 0 Å². The van der Waals surface area contributed by atoms with Crippen LogP contribution in [0.1, 0.15) is 32.1 Å². The van der Waals surface area contributed by atoms with Gasteiger partial charge in [-0.15, -0.1) is 10.2 Å². The molecular formula is C15H19N3O. The Morgan fingerprint density at radius 3 is 2.84 bits per heavy atom. The number of hydrogen-bond donors (Lipinski definition) is 0. The second kappa shape index (κ2) is 5.53. The van der Waals surface area contributed by atoms with E-state index >= 15 is 0 Å². The van der Waals surface area contributed by atoms with Crippen LogP contribution in [0.4, 0.5) is 0 Å². The van der Waals surface area contributed by atoms with Crippen LogP contribution in [0.5, 0.6) is 0 Å². The van der Waals surface area contributed by atoms with E-state index in [9.17, 15) is 0 Å². The number of hydrogen-bond acceptors (Lipinski definition) is 4. The molecule has 1 saturated heterocycles. The second-order valence-electron chi connectivity index (χ2n) is 5.18. The first-order chi connectivity index (χ1) is 9.33. The summed E-state index contributed by atoms with van der Waals surface area (Å²) in [5.74, 6) is 1.33. The lowest BCUT2D eigenvalue weighted by Gasteiger charge is -2.31. The minimum absolute atomic E-state index is 0.611. The largest absolute Gasteiger partial charge is 0.419 e. The minimum Gasteiger partial charge on any atom is -0.419 e. The second-order valence-corrected chi connectivity index (χ2v) is 5.18. The first kappa shape index (κ1) is 12.4. The molecule has 4 nitrogen and oxygen atoms in total. The minimum atomic E-state index is 0.611. The molecule has 0 amide bonds. The molecule has 0 saturated carbocycles. The molecule has 4 heteroatoms. The van der Waals surface area contributed by atoms with Gasteiger partial charge in [-0.05, 0) is 38.4 Å². The fourth-order valence-electron chi connectivity index (χ4n) is 2.58. The van der Waals surface area contributed by atoms with E-state index in [0.29, 0.717) is 17.8 Å². The Morgan fingerprint density at radius 1 is 1.21 bits per heavy atom. The lowest BCUT2D eigenvalue weighted by atomic mass is 10.0. The third-order valence-corrected chi connectivity index (χ3v) is 3.77. The first-order valence-electron chi connectivity index (χ1n) is 6.95. The van der Waals surface area contributed by atoms with E-state index in [1.807, 2.05) is 30.3 Å². The molecule has 0 spiro atoms. The summed E-state index contributed by atoms with van der Waals surface area (Å²) >= 11 is 0. The van der Waals surface area contributed by atoms with E-state index in [1.165, 1.54) is 19.3 Å². The van der Waals surface area contributed by atoms with Crippen LogP contribution in [-0.4, -0.2) is 27.7 Å². The lowest BCUT2D eigenvalue weighted by molar-refractivity contribution is 0.139. The van der Waals surface area contributed by atoms with Crippen LogP contribution in [0, 0.1) is 0 Å². The zero-order valence-corrected chi connectivity index (χ0v) is 11.2. The lowest BCUT2D eigenvalue weighted by Crippen LogP contribution is -2.36. The fraction of sp³-hybridized carbons (Fsp3) is 0.467. The van der Waals surface area contributed by atoms with Gasteiger partial charge in [-0.1, -0.05) is 24.6 Å². The quantitative estimate of drug-likeness (QED) is 0.847. The molecule has 0 bridgehead atoms. The average Bonchev–Trinajstić information content (AvgIpc) is 2.91. The zero-order valence-electron chi connectivity index (χ0n) is 11.2. The van der Waals surface area contributed by atoms with E-state index in [2.05, 4.69) is 22.0 Å². The Kier molecular flexibility index (Phi) is 3.60. The van der Waals surface area contributed by atoms with Crippen LogP contribution in [0.25, 0.3) is 11.5 Å². The van der Waals surface area contributed by atoms with Gasteiger partial charge in [0.25, 0.3) is 0 Å². The highest BCUT2D eigenvalue weighted by atomic mass is 16.4. The van der Waals surface area contributed by atoms with Gasteiger partial charge in [0.05, 0.1) is 6.54 Å². The van der Waals surface area contributed by atoms with Crippen molar-refractivity contribution in [3.63, 3.8) is 0 Å². The van der Waals surface area contributed by atoms with Crippen LogP contribution in [0.2, 0.25) is 0 Å². The summed E-state index contributed by atoms with van der Waals surface area (Å²) < 4.78 is 5.76. The van der Waals surface area contributed by atoms with E-state index < -0.39 is 0 Å². The van der Waals surface area contributed by atoms with Gasteiger partial charge in [0.15, 0.2) is 0 Å². The van der Waals surface area contributed by atoms with Crippen molar-refractivity contribution in [1.82, 2.24) is 15.1 Å². The molecular weight excluding hydrogens is 238 g/mol. The smallest absolute Gasteiger partial charge is 0.247 e. The molecule has 1 unspecified atom stereocenters. The van der Waals surface area contributed by atoms with Gasteiger partial charge in [0.1, 0.15) is 0 Å². The Balaban J connectivity index is 1.71. The first-order valence-corrected chi connectivity index (χ1v) is 6.95. The van der Waals surface area contributed by atoms with Crippen molar-refractivity contribution in [2.45, 2.75) is 38.8 Å². The number of benzene rings is 1. The number of likely N-dealkylation sites (tertiary alicyclic amines) is 1. The Labute approximate surface area is 113 Å². The van der Waals surface area contributed by atoms with Crippen LogP contribution >= 0.6 is 0 Å². The van der Waals surface area contributed by atoms with Gasteiger partial charge in [-0.2, -0.15) is 0 Å². The summed E-state index contributed by atoms with van der Waals surface area (Å²) in [6.45, 7) is 4.17. The van der Waals surface area contributed by atoms with E-state index in [1.54, 1.807) is 0 Å². The van der Waals surface area contributed by atoms with Gasteiger partial charge in [-0.25, -0.2) is 0 Å². The molecule has 2 aromatic rings. The molecule has 1 atom stereocenters. The number of aromatic nitrogens is 2. The maximum Gasteiger partial charge on any atom is 0.247 e. The maximum atomic E-state index is 5.76. The monoisotopic (exact) mass is 257 g/mol. The summed E-state index contributed by atoms with van der Waals surface area (Å²) in [6.07, 6.45) is 3.86. The number of nitrogens with zero attached hydrogens (tertiary/aromatic N) is 3. The standard InChI is InChI=1S/C15H19N3O/c1-12-7-5-6-10-18(12)11-14-16-17-15(19-14)13-8-3-2-4-9-13/h2-4,8-9,12H,5-7,10-11H2,1H3. The normalized spacial score (nSPS) is 20.6. The zero-order chi connectivity index (χ0) is 13.1. The summed E-state index contributed by atoms with van der Waals surface area (Å²) in [6, 6.07) is 10.5. The molecule has 1 aromatic heterocycles. The maximum absolute atomic E-state index is 5.76.